The van der Waals surface area contributed by atoms with Crippen molar-refractivity contribution in [2.24, 2.45) is 0 Å². The van der Waals surface area contributed by atoms with Crippen LogP contribution in [-0.2, 0) is 0 Å². The lowest BCUT2D eigenvalue weighted by atomic mass is 9.80. The summed E-state index contributed by atoms with van der Waals surface area (Å²) in [6.45, 7) is 0. The van der Waals surface area contributed by atoms with Gasteiger partial charge >= 0.3 is 7.12 Å². The molecule has 6 rings (SSSR count). The van der Waals surface area contributed by atoms with Crippen molar-refractivity contribution in [2.45, 2.75) is 0 Å². The molecular formula is C30H22BNO2S. The largest absolute Gasteiger partial charge is 0.488 e. The summed E-state index contributed by atoms with van der Waals surface area (Å²) in [6, 6.07) is 41.3. The fourth-order valence-electron chi connectivity index (χ4n) is 4.53. The molecule has 0 aliphatic heterocycles. The van der Waals surface area contributed by atoms with Crippen LogP contribution in [0.5, 0.6) is 0 Å². The lowest BCUT2D eigenvalue weighted by Gasteiger charge is -2.26. The summed E-state index contributed by atoms with van der Waals surface area (Å²) in [5, 5.41) is 21.6. The van der Waals surface area contributed by atoms with E-state index in [2.05, 4.69) is 83.8 Å². The molecule has 6 aromatic rings. The molecule has 5 aromatic carbocycles. The van der Waals surface area contributed by atoms with Gasteiger partial charge in [-0.25, -0.2) is 0 Å². The van der Waals surface area contributed by atoms with E-state index in [-0.39, 0.29) is 0 Å². The van der Waals surface area contributed by atoms with Gasteiger partial charge in [0.15, 0.2) is 0 Å². The van der Waals surface area contributed by atoms with Gasteiger partial charge in [-0.15, -0.1) is 11.3 Å². The van der Waals surface area contributed by atoms with Crippen molar-refractivity contribution in [3.63, 3.8) is 0 Å². The number of hydrogen-bond acceptors (Lipinski definition) is 4. The van der Waals surface area contributed by atoms with Gasteiger partial charge in [-0.1, -0.05) is 78.9 Å². The summed E-state index contributed by atoms with van der Waals surface area (Å²) in [7, 11) is -1.49. The summed E-state index contributed by atoms with van der Waals surface area (Å²) < 4.78 is 2.51. The molecule has 35 heavy (non-hydrogen) atoms. The topological polar surface area (TPSA) is 43.7 Å². The standard InChI is InChI=1S/C30H22BNO2S/c33-31(34)23-12-16-25(17-13-23)32(24-14-10-22(11-15-24)21-6-2-1-3-7-21)26-18-19-28-27-8-4-5-9-29(27)35-30(28)20-26/h1-20,33-34H. The van der Waals surface area contributed by atoms with E-state index in [0.717, 1.165) is 22.6 Å². The molecule has 168 valence electrons. The fraction of sp³-hybridized carbons (Fsp3) is 0. The van der Waals surface area contributed by atoms with Gasteiger partial charge < -0.3 is 14.9 Å². The van der Waals surface area contributed by atoms with Crippen LogP contribution in [0.1, 0.15) is 0 Å². The first-order chi connectivity index (χ1) is 17.2. The van der Waals surface area contributed by atoms with E-state index < -0.39 is 7.12 Å². The molecule has 0 unspecified atom stereocenters. The van der Waals surface area contributed by atoms with Crippen LogP contribution in [0.25, 0.3) is 31.3 Å². The van der Waals surface area contributed by atoms with E-state index in [1.54, 1.807) is 23.5 Å². The molecule has 0 aliphatic carbocycles. The van der Waals surface area contributed by atoms with E-state index in [1.807, 2.05) is 30.3 Å². The van der Waals surface area contributed by atoms with Crippen molar-refractivity contribution >= 4 is 61.2 Å². The average molecular weight is 471 g/mol. The van der Waals surface area contributed by atoms with Crippen LogP contribution in [-0.4, -0.2) is 17.2 Å². The molecule has 0 bridgehead atoms. The molecule has 0 aliphatic rings. The van der Waals surface area contributed by atoms with Gasteiger partial charge in [-0.2, -0.15) is 0 Å². The Bertz CT molecular complexity index is 1610. The summed E-state index contributed by atoms with van der Waals surface area (Å²) >= 11 is 1.80. The average Bonchev–Trinajstić information content (AvgIpc) is 3.28. The van der Waals surface area contributed by atoms with E-state index in [0.29, 0.717) is 5.46 Å². The number of benzene rings is 5. The number of nitrogens with zero attached hydrogens (tertiary/aromatic N) is 1. The third-order valence-corrected chi connectivity index (χ3v) is 7.44. The number of fused-ring (bicyclic) bond motifs is 3. The SMILES string of the molecule is OB(O)c1ccc(N(c2ccc(-c3ccccc3)cc2)c2ccc3c(c2)sc2ccccc23)cc1. The molecule has 3 nitrogen and oxygen atoms in total. The van der Waals surface area contributed by atoms with Crippen LogP contribution >= 0.6 is 11.3 Å². The maximum Gasteiger partial charge on any atom is 0.488 e. The van der Waals surface area contributed by atoms with Crippen molar-refractivity contribution in [2.75, 3.05) is 4.90 Å². The Balaban J connectivity index is 1.47. The van der Waals surface area contributed by atoms with E-state index in [1.165, 1.54) is 25.7 Å². The first-order valence-corrected chi connectivity index (χ1v) is 12.3. The molecule has 0 fully saturated rings. The maximum absolute atomic E-state index is 9.56. The van der Waals surface area contributed by atoms with Crippen LogP contribution in [0.15, 0.2) is 121 Å². The Labute approximate surface area is 208 Å². The van der Waals surface area contributed by atoms with E-state index in [4.69, 9.17) is 0 Å². The smallest absolute Gasteiger partial charge is 0.423 e. The predicted molar refractivity (Wildman–Crippen MR) is 149 cm³/mol. The molecule has 0 amide bonds. The van der Waals surface area contributed by atoms with Crippen molar-refractivity contribution in [3.8, 4) is 11.1 Å². The molecule has 0 saturated carbocycles. The van der Waals surface area contributed by atoms with Gasteiger partial charge in [0.2, 0.25) is 0 Å². The summed E-state index contributed by atoms with van der Waals surface area (Å²) in [5.41, 5.74) is 5.83. The Kier molecular flexibility index (Phi) is 5.59. The molecule has 1 aromatic heterocycles. The molecule has 0 spiro atoms. The highest BCUT2D eigenvalue weighted by Gasteiger charge is 2.17. The number of anilines is 3. The second-order valence-corrected chi connectivity index (χ2v) is 9.58. The molecule has 2 N–H and O–H groups in total. The predicted octanol–water partition coefficient (Wildman–Crippen LogP) is 6.87. The van der Waals surface area contributed by atoms with Crippen LogP contribution in [0.4, 0.5) is 17.1 Å². The first kappa shape index (κ1) is 21.6. The Morgan fingerprint density at radius 3 is 1.80 bits per heavy atom. The van der Waals surface area contributed by atoms with Crippen molar-refractivity contribution in [1.82, 2.24) is 0 Å². The Hall–Kier alpha value is -3.90. The third kappa shape index (κ3) is 4.11. The van der Waals surface area contributed by atoms with Gasteiger partial charge in [0.25, 0.3) is 0 Å². The van der Waals surface area contributed by atoms with Gasteiger partial charge in [0.1, 0.15) is 0 Å². The van der Waals surface area contributed by atoms with Gasteiger partial charge in [-0.3, -0.25) is 0 Å². The monoisotopic (exact) mass is 471 g/mol. The Morgan fingerprint density at radius 2 is 1.09 bits per heavy atom. The maximum atomic E-state index is 9.56. The highest BCUT2D eigenvalue weighted by atomic mass is 32.1. The van der Waals surface area contributed by atoms with Gasteiger partial charge in [-0.05, 0) is 59.1 Å². The summed E-state index contributed by atoms with van der Waals surface area (Å²) in [4.78, 5) is 2.20. The molecule has 0 atom stereocenters. The molecule has 0 radical (unpaired) electrons. The summed E-state index contributed by atoms with van der Waals surface area (Å²) in [6.07, 6.45) is 0. The van der Waals surface area contributed by atoms with Crippen LogP contribution in [0, 0.1) is 0 Å². The van der Waals surface area contributed by atoms with Crippen molar-refractivity contribution in [1.29, 1.82) is 0 Å². The zero-order valence-corrected chi connectivity index (χ0v) is 19.7. The van der Waals surface area contributed by atoms with Crippen molar-refractivity contribution in [3.05, 3.63) is 121 Å². The van der Waals surface area contributed by atoms with E-state index >= 15 is 0 Å². The molecule has 1 heterocycles. The highest BCUT2D eigenvalue weighted by molar-refractivity contribution is 7.25. The number of rotatable bonds is 5. The summed E-state index contributed by atoms with van der Waals surface area (Å²) in [5.74, 6) is 0. The Morgan fingerprint density at radius 1 is 0.514 bits per heavy atom. The number of thiophene rings is 1. The van der Waals surface area contributed by atoms with Gasteiger partial charge in [0.05, 0.1) is 0 Å². The zero-order valence-electron chi connectivity index (χ0n) is 18.9. The van der Waals surface area contributed by atoms with Crippen LogP contribution in [0.2, 0.25) is 0 Å². The highest BCUT2D eigenvalue weighted by Crippen LogP contribution is 2.40. The van der Waals surface area contributed by atoms with Gasteiger partial charge in [0, 0.05) is 37.2 Å². The minimum absolute atomic E-state index is 0.466. The second-order valence-electron chi connectivity index (χ2n) is 8.49. The minimum atomic E-state index is -1.49. The van der Waals surface area contributed by atoms with Crippen LogP contribution in [0.3, 0.4) is 0 Å². The van der Waals surface area contributed by atoms with E-state index in [9.17, 15) is 10.0 Å². The third-order valence-electron chi connectivity index (χ3n) is 6.30. The first-order valence-electron chi connectivity index (χ1n) is 11.5. The number of hydrogen-bond donors (Lipinski definition) is 2. The fourth-order valence-corrected chi connectivity index (χ4v) is 5.67. The normalized spacial score (nSPS) is 11.1. The molecule has 0 saturated heterocycles. The molecule has 5 heteroatoms. The zero-order chi connectivity index (χ0) is 23.8. The quantitative estimate of drug-likeness (QED) is 0.270. The minimum Gasteiger partial charge on any atom is -0.423 e. The lowest BCUT2D eigenvalue weighted by molar-refractivity contribution is 0.426. The second kappa shape index (κ2) is 9.04. The lowest BCUT2D eigenvalue weighted by Crippen LogP contribution is -2.29. The van der Waals surface area contributed by atoms with Crippen LogP contribution < -0.4 is 10.4 Å². The molecular weight excluding hydrogens is 449 g/mol. The van der Waals surface area contributed by atoms with Crippen molar-refractivity contribution < 1.29 is 10.0 Å².